The lowest BCUT2D eigenvalue weighted by atomic mass is 10.1. The van der Waals surface area contributed by atoms with Crippen LogP contribution in [0, 0.1) is 6.92 Å². The van der Waals surface area contributed by atoms with Gasteiger partial charge in [0, 0.05) is 34.1 Å². The first kappa shape index (κ1) is 18.3. The molecule has 5 heteroatoms. The summed E-state index contributed by atoms with van der Waals surface area (Å²) < 4.78 is 0. The van der Waals surface area contributed by atoms with Crippen LogP contribution in [-0.4, -0.2) is 18.4 Å². The first-order valence-corrected chi connectivity index (χ1v) is 9.48. The van der Waals surface area contributed by atoms with Crippen molar-refractivity contribution in [1.82, 2.24) is 0 Å². The summed E-state index contributed by atoms with van der Waals surface area (Å²) in [6.07, 6.45) is 0.843. The third-order valence-electron chi connectivity index (χ3n) is 5.02. The summed E-state index contributed by atoms with van der Waals surface area (Å²) >= 11 is 6.12. The Morgan fingerprint density at radius 1 is 0.964 bits per heavy atom. The van der Waals surface area contributed by atoms with Crippen molar-refractivity contribution in [3.63, 3.8) is 0 Å². The number of nitrogens with one attached hydrogen (secondary N) is 1. The van der Waals surface area contributed by atoms with Gasteiger partial charge in [-0.15, -0.1) is 0 Å². The Hall–Kier alpha value is -3.11. The molecular weight excluding hydrogens is 372 g/mol. The third-order valence-corrected chi connectivity index (χ3v) is 5.43. The topological polar surface area (TPSA) is 49.4 Å². The van der Waals surface area contributed by atoms with Gasteiger partial charge in [-0.1, -0.05) is 41.9 Å². The zero-order valence-corrected chi connectivity index (χ0v) is 16.2. The first-order valence-electron chi connectivity index (χ1n) is 9.11. The summed E-state index contributed by atoms with van der Waals surface area (Å²) in [6.45, 7) is 2.50. The maximum absolute atomic E-state index is 13.0. The zero-order valence-electron chi connectivity index (χ0n) is 15.4. The van der Waals surface area contributed by atoms with E-state index in [4.69, 9.17) is 11.6 Å². The van der Waals surface area contributed by atoms with E-state index in [-0.39, 0.29) is 11.8 Å². The fraction of sp³-hybridized carbons (Fsp3) is 0.130. The Morgan fingerprint density at radius 2 is 1.71 bits per heavy atom. The second-order valence-electron chi connectivity index (χ2n) is 6.78. The lowest BCUT2D eigenvalue weighted by Gasteiger charge is -2.18. The highest BCUT2D eigenvalue weighted by molar-refractivity contribution is 6.31. The van der Waals surface area contributed by atoms with Gasteiger partial charge < -0.3 is 10.2 Å². The molecule has 2 amide bonds. The number of hydrogen-bond donors (Lipinski definition) is 1. The smallest absolute Gasteiger partial charge is 0.258 e. The van der Waals surface area contributed by atoms with Gasteiger partial charge in [0.25, 0.3) is 11.8 Å². The number of fused-ring (bicyclic) bond motifs is 1. The van der Waals surface area contributed by atoms with E-state index in [1.165, 1.54) is 5.56 Å². The molecule has 3 aromatic carbocycles. The predicted octanol–water partition coefficient (Wildman–Crippen LogP) is 5.10. The molecular formula is C23H19ClN2O2. The molecule has 28 heavy (non-hydrogen) atoms. The predicted molar refractivity (Wildman–Crippen MR) is 112 cm³/mol. The molecule has 0 spiro atoms. The van der Waals surface area contributed by atoms with E-state index in [0.717, 1.165) is 17.7 Å². The minimum atomic E-state index is -0.276. The maximum Gasteiger partial charge on any atom is 0.258 e. The minimum absolute atomic E-state index is 0.0986. The number of amides is 2. The summed E-state index contributed by atoms with van der Waals surface area (Å²) in [6, 6.07) is 20.1. The Labute approximate surface area is 168 Å². The summed E-state index contributed by atoms with van der Waals surface area (Å²) in [5, 5.41) is 3.46. The van der Waals surface area contributed by atoms with Gasteiger partial charge in [0.2, 0.25) is 0 Å². The van der Waals surface area contributed by atoms with Gasteiger partial charge in [0.05, 0.1) is 0 Å². The molecule has 0 aliphatic carbocycles. The van der Waals surface area contributed by atoms with Crippen LogP contribution in [0.15, 0.2) is 66.7 Å². The van der Waals surface area contributed by atoms with E-state index < -0.39 is 0 Å². The molecule has 1 N–H and O–H groups in total. The van der Waals surface area contributed by atoms with E-state index in [0.29, 0.717) is 28.4 Å². The number of halogens is 1. The molecule has 140 valence electrons. The highest BCUT2D eigenvalue weighted by atomic mass is 35.5. The summed E-state index contributed by atoms with van der Waals surface area (Å²) in [4.78, 5) is 27.5. The van der Waals surface area contributed by atoms with E-state index >= 15 is 0 Å². The highest BCUT2D eigenvalue weighted by Crippen LogP contribution is 2.29. The molecule has 0 bridgehead atoms. The van der Waals surface area contributed by atoms with Crippen LogP contribution in [-0.2, 0) is 6.42 Å². The van der Waals surface area contributed by atoms with Crippen molar-refractivity contribution in [2.75, 3.05) is 16.8 Å². The van der Waals surface area contributed by atoms with Gasteiger partial charge in [-0.05, 0) is 60.9 Å². The second-order valence-corrected chi connectivity index (χ2v) is 7.19. The number of para-hydroxylation sites is 1. The molecule has 0 saturated carbocycles. The van der Waals surface area contributed by atoms with Gasteiger partial charge in [-0.2, -0.15) is 0 Å². The Bertz CT molecular complexity index is 1080. The molecule has 0 fully saturated rings. The van der Waals surface area contributed by atoms with Crippen LogP contribution < -0.4 is 10.2 Å². The summed E-state index contributed by atoms with van der Waals surface area (Å²) in [5.41, 5.74) is 4.49. The van der Waals surface area contributed by atoms with Crippen LogP contribution >= 0.6 is 11.6 Å². The number of nitrogens with zero attached hydrogens (tertiary/aromatic N) is 1. The fourth-order valence-electron chi connectivity index (χ4n) is 3.44. The molecule has 3 aromatic rings. The van der Waals surface area contributed by atoms with E-state index in [2.05, 4.69) is 5.32 Å². The molecule has 1 aliphatic rings. The summed E-state index contributed by atoms with van der Waals surface area (Å²) in [7, 11) is 0. The van der Waals surface area contributed by atoms with Gasteiger partial charge in [-0.25, -0.2) is 0 Å². The maximum atomic E-state index is 13.0. The number of benzene rings is 3. The monoisotopic (exact) mass is 390 g/mol. The van der Waals surface area contributed by atoms with Crippen molar-refractivity contribution in [2.24, 2.45) is 0 Å². The molecule has 1 heterocycles. The molecule has 4 rings (SSSR count). The van der Waals surface area contributed by atoms with E-state index in [9.17, 15) is 9.59 Å². The zero-order chi connectivity index (χ0) is 19.7. The van der Waals surface area contributed by atoms with Gasteiger partial charge in [0.1, 0.15) is 0 Å². The number of carbonyl (C=O) groups excluding carboxylic acids is 2. The molecule has 0 saturated heterocycles. The van der Waals surface area contributed by atoms with Crippen LogP contribution in [0.5, 0.6) is 0 Å². The van der Waals surface area contributed by atoms with Crippen molar-refractivity contribution in [2.45, 2.75) is 13.3 Å². The lowest BCUT2D eigenvalue weighted by Crippen LogP contribution is -2.29. The van der Waals surface area contributed by atoms with Crippen LogP contribution in [0.3, 0.4) is 0 Å². The number of carbonyl (C=O) groups is 2. The molecule has 4 nitrogen and oxygen atoms in total. The molecule has 1 aliphatic heterocycles. The van der Waals surface area contributed by atoms with Gasteiger partial charge >= 0.3 is 0 Å². The molecule has 0 unspecified atom stereocenters. The number of hydrogen-bond acceptors (Lipinski definition) is 2. The first-order chi connectivity index (χ1) is 13.5. The largest absolute Gasteiger partial charge is 0.322 e. The number of anilines is 2. The number of rotatable bonds is 3. The SMILES string of the molecule is Cc1c(Cl)cccc1NC(=O)c1cccc(C(=O)N2CCc3ccccc32)c1. The van der Waals surface area contributed by atoms with Crippen LogP contribution in [0.4, 0.5) is 11.4 Å². The normalized spacial score (nSPS) is 12.6. The standard InChI is InChI=1S/C23H19ClN2O2/c1-15-19(24)9-5-10-20(15)25-22(27)17-7-4-8-18(14-17)23(28)26-13-12-16-6-2-3-11-21(16)26/h2-11,14H,12-13H2,1H3,(H,25,27). The highest BCUT2D eigenvalue weighted by Gasteiger charge is 2.25. The van der Waals surface area contributed by atoms with Crippen LogP contribution in [0.2, 0.25) is 5.02 Å². The van der Waals surface area contributed by atoms with Crippen molar-refractivity contribution >= 4 is 34.8 Å². The van der Waals surface area contributed by atoms with Crippen LogP contribution in [0.1, 0.15) is 31.8 Å². The lowest BCUT2D eigenvalue weighted by molar-refractivity contribution is 0.0989. The minimum Gasteiger partial charge on any atom is -0.322 e. The Balaban J connectivity index is 1.57. The van der Waals surface area contributed by atoms with Crippen LogP contribution in [0.25, 0.3) is 0 Å². The second kappa shape index (κ2) is 7.49. The average molecular weight is 391 g/mol. The molecule has 0 aromatic heterocycles. The fourth-order valence-corrected chi connectivity index (χ4v) is 3.61. The van der Waals surface area contributed by atoms with E-state index in [1.807, 2.05) is 31.2 Å². The van der Waals surface area contributed by atoms with Crippen molar-refractivity contribution in [3.8, 4) is 0 Å². The van der Waals surface area contributed by atoms with E-state index in [1.54, 1.807) is 47.4 Å². The Kier molecular flexibility index (Phi) is 4.88. The quantitative estimate of drug-likeness (QED) is 0.676. The third kappa shape index (κ3) is 3.39. The Morgan fingerprint density at radius 3 is 2.57 bits per heavy atom. The molecule has 0 radical (unpaired) electrons. The average Bonchev–Trinajstić information content (AvgIpc) is 3.15. The van der Waals surface area contributed by atoms with Gasteiger partial charge in [-0.3, -0.25) is 9.59 Å². The molecule has 0 atom stereocenters. The summed E-state index contributed by atoms with van der Waals surface area (Å²) in [5.74, 6) is -0.375. The van der Waals surface area contributed by atoms with Gasteiger partial charge in [0.15, 0.2) is 0 Å². The van der Waals surface area contributed by atoms with Crippen molar-refractivity contribution in [3.05, 3.63) is 94.0 Å². The van der Waals surface area contributed by atoms with Crippen molar-refractivity contribution in [1.29, 1.82) is 0 Å². The van der Waals surface area contributed by atoms with Crippen molar-refractivity contribution < 1.29 is 9.59 Å².